The van der Waals surface area contributed by atoms with Crippen LogP contribution in [0.5, 0.6) is 0 Å². The van der Waals surface area contributed by atoms with Crippen LogP contribution in [-0.4, -0.2) is 47.3 Å². The molecule has 0 aliphatic heterocycles. The lowest BCUT2D eigenvalue weighted by Crippen LogP contribution is -2.34. The molecular weight excluding hydrogens is 254 g/mol. The number of hydrogen-bond acceptors (Lipinski definition) is 3. The summed E-state index contributed by atoms with van der Waals surface area (Å²) in [6.45, 7) is 4.64. The molecule has 0 spiro atoms. The first-order chi connectivity index (χ1) is 9.63. The molecule has 0 aliphatic carbocycles. The van der Waals surface area contributed by atoms with Gasteiger partial charge in [0.2, 0.25) is 0 Å². The minimum absolute atomic E-state index is 0.0369. The van der Waals surface area contributed by atoms with E-state index in [1.54, 1.807) is 23.1 Å². The lowest BCUT2D eigenvalue weighted by atomic mass is 10.0. The Morgan fingerprint density at radius 2 is 2.05 bits per heavy atom. The van der Waals surface area contributed by atoms with Gasteiger partial charge < -0.3 is 15.1 Å². The van der Waals surface area contributed by atoms with Crippen molar-refractivity contribution in [3.63, 3.8) is 0 Å². The first kappa shape index (κ1) is 16.2. The third-order valence-corrected chi connectivity index (χ3v) is 2.93. The third kappa shape index (κ3) is 4.37. The van der Waals surface area contributed by atoms with Crippen molar-refractivity contribution in [3.8, 4) is 11.8 Å². The Labute approximate surface area is 120 Å². The van der Waals surface area contributed by atoms with E-state index < -0.39 is 0 Å². The van der Waals surface area contributed by atoms with E-state index in [9.17, 15) is 4.79 Å². The predicted molar refractivity (Wildman–Crippen MR) is 78.4 cm³/mol. The van der Waals surface area contributed by atoms with Crippen LogP contribution >= 0.6 is 0 Å². The van der Waals surface area contributed by atoms with Crippen LogP contribution in [0.2, 0.25) is 0 Å². The van der Waals surface area contributed by atoms with Crippen LogP contribution in [0, 0.1) is 18.8 Å². The number of carbonyl (C=O) groups excluding carboxylic acids is 1. The van der Waals surface area contributed by atoms with Gasteiger partial charge in [0.05, 0.1) is 6.61 Å². The molecule has 0 unspecified atom stereocenters. The molecule has 0 heterocycles. The fraction of sp³-hybridized carbons (Fsp3) is 0.438. The van der Waals surface area contributed by atoms with Crippen molar-refractivity contribution in [1.29, 1.82) is 0 Å². The van der Waals surface area contributed by atoms with Gasteiger partial charge in [0.25, 0.3) is 5.91 Å². The highest BCUT2D eigenvalue weighted by Crippen LogP contribution is 2.12. The zero-order valence-electron chi connectivity index (χ0n) is 12.0. The maximum atomic E-state index is 12.3. The minimum atomic E-state index is -0.180. The van der Waals surface area contributed by atoms with Gasteiger partial charge in [0.1, 0.15) is 6.61 Å². The number of benzene rings is 1. The van der Waals surface area contributed by atoms with Gasteiger partial charge in [-0.25, -0.2) is 0 Å². The van der Waals surface area contributed by atoms with Crippen LogP contribution in [0.3, 0.4) is 0 Å². The first-order valence-electron chi connectivity index (χ1n) is 6.74. The average molecular weight is 275 g/mol. The molecule has 0 saturated heterocycles. The van der Waals surface area contributed by atoms with Crippen molar-refractivity contribution in [3.05, 3.63) is 34.9 Å². The van der Waals surface area contributed by atoms with Gasteiger partial charge in [0, 0.05) is 24.2 Å². The topological polar surface area (TPSA) is 60.8 Å². The molecule has 108 valence electrons. The molecular formula is C16H21NO3. The van der Waals surface area contributed by atoms with Crippen molar-refractivity contribution >= 4 is 5.91 Å². The smallest absolute Gasteiger partial charge is 0.253 e. The molecule has 4 heteroatoms. The molecule has 1 aromatic rings. The second-order valence-electron chi connectivity index (χ2n) is 4.51. The van der Waals surface area contributed by atoms with Crippen molar-refractivity contribution in [1.82, 2.24) is 4.90 Å². The number of aliphatic hydroxyl groups is 2. The van der Waals surface area contributed by atoms with Gasteiger partial charge in [0.15, 0.2) is 0 Å². The Kier molecular flexibility index (Phi) is 6.78. The van der Waals surface area contributed by atoms with E-state index in [2.05, 4.69) is 11.8 Å². The van der Waals surface area contributed by atoms with Gasteiger partial charge in [-0.1, -0.05) is 18.8 Å². The quantitative estimate of drug-likeness (QED) is 0.793. The van der Waals surface area contributed by atoms with Crippen LogP contribution in [0.25, 0.3) is 0 Å². The lowest BCUT2D eigenvalue weighted by molar-refractivity contribution is 0.0722. The summed E-state index contributed by atoms with van der Waals surface area (Å²) in [6, 6.07) is 5.31. The van der Waals surface area contributed by atoms with E-state index in [1.165, 1.54) is 0 Å². The van der Waals surface area contributed by atoms with Gasteiger partial charge in [-0.2, -0.15) is 0 Å². The summed E-state index contributed by atoms with van der Waals surface area (Å²) in [6.07, 6.45) is 0.852. The molecule has 0 aromatic heterocycles. The van der Waals surface area contributed by atoms with Crippen molar-refractivity contribution in [2.75, 3.05) is 26.3 Å². The highest BCUT2D eigenvalue weighted by molar-refractivity contribution is 5.94. The van der Waals surface area contributed by atoms with Crippen LogP contribution in [-0.2, 0) is 0 Å². The number of aliphatic hydroxyl groups excluding tert-OH is 2. The Morgan fingerprint density at radius 3 is 2.60 bits per heavy atom. The SMILES string of the molecule is CCCN(CCO)C(=O)c1ccc(C#CCO)c(C)c1. The number of amides is 1. The maximum absolute atomic E-state index is 12.3. The average Bonchev–Trinajstić information content (AvgIpc) is 2.45. The zero-order chi connectivity index (χ0) is 15.0. The maximum Gasteiger partial charge on any atom is 0.253 e. The Bertz CT molecular complexity index is 508. The predicted octanol–water partition coefficient (Wildman–Crippen LogP) is 1.18. The molecule has 20 heavy (non-hydrogen) atoms. The molecule has 0 radical (unpaired) electrons. The van der Waals surface area contributed by atoms with Gasteiger partial charge in [-0.05, 0) is 37.1 Å². The molecule has 2 N–H and O–H groups in total. The molecule has 0 atom stereocenters. The molecule has 1 rings (SSSR count). The minimum Gasteiger partial charge on any atom is -0.395 e. The molecule has 4 nitrogen and oxygen atoms in total. The molecule has 0 fully saturated rings. The third-order valence-electron chi connectivity index (χ3n) is 2.93. The molecule has 1 amide bonds. The Balaban J connectivity index is 2.95. The van der Waals surface area contributed by atoms with E-state index in [0.717, 1.165) is 17.5 Å². The normalized spacial score (nSPS) is 9.80. The fourth-order valence-corrected chi connectivity index (χ4v) is 1.96. The highest BCUT2D eigenvalue weighted by Gasteiger charge is 2.14. The zero-order valence-corrected chi connectivity index (χ0v) is 12.0. The van der Waals surface area contributed by atoms with Gasteiger partial charge in [-0.3, -0.25) is 4.79 Å². The number of rotatable bonds is 5. The first-order valence-corrected chi connectivity index (χ1v) is 6.74. The largest absolute Gasteiger partial charge is 0.395 e. The summed E-state index contributed by atoms with van der Waals surface area (Å²) in [7, 11) is 0. The highest BCUT2D eigenvalue weighted by atomic mass is 16.3. The van der Waals surface area contributed by atoms with Crippen molar-refractivity contribution in [2.24, 2.45) is 0 Å². The number of hydrogen-bond donors (Lipinski definition) is 2. The monoisotopic (exact) mass is 275 g/mol. The number of carbonyl (C=O) groups is 1. The Hall–Kier alpha value is -1.83. The summed E-state index contributed by atoms with van der Waals surface area (Å²) >= 11 is 0. The van der Waals surface area contributed by atoms with Crippen LogP contribution in [0.4, 0.5) is 0 Å². The fourth-order valence-electron chi connectivity index (χ4n) is 1.96. The molecule has 0 bridgehead atoms. The summed E-state index contributed by atoms with van der Waals surface area (Å²) in [4.78, 5) is 14.0. The standard InChI is InChI=1S/C16H21NO3/c1-3-8-17(9-11-19)16(20)15-7-6-14(5-4-10-18)13(2)12-15/h6-7,12,18-19H,3,8-11H2,1-2H3. The number of aryl methyl sites for hydroxylation is 1. The van der Waals surface area contributed by atoms with E-state index in [1.807, 2.05) is 13.8 Å². The number of nitrogens with zero attached hydrogens (tertiary/aromatic N) is 1. The van der Waals surface area contributed by atoms with E-state index in [4.69, 9.17) is 10.2 Å². The Morgan fingerprint density at radius 1 is 1.30 bits per heavy atom. The van der Waals surface area contributed by atoms with Crippen LogP contribution in [0.15, 0.2) is 18.2 Å². The van der Waals surface area contributed by atoms with Crippen molar-refractivity contribution < 1.29 is 15.0 Å². The molecule has 0 aliphatic rings. The van der Waals surface area contributed by atoms with Gasteiger partial charge in [-0.15, -0.1) is 0 Å². The van der Waals surface area contributed by atoms with Gasteiger partial charge >= 0.3 is 0 Å². The van der Waals surface area contributed by atoms with Crippen LogP contribution in [0.1, 0.15) is 34.8 Å². The molecule has 0 saturated carbocycles. The lowest BCUT2D eigenvalue weighted by Gasteiger charge is -2.21. The summed E-state index contributed by atoms with van der Waals surface area (Å²) in [5.41, 5.74) is 2.30. The summed E-state index contributed by atoms with van der Waals surface area (Å²) in [5, 5.41) is 17.7. The van der Waals surface area contributed by atoms with E-state index >= 15 is 0 Å². The summed E-state index contributed by atoms with van der Waals surface area (Å²) < 4.78 is 0. The van der Waals surface area contributed by atoms with E-state index in [-0.39, 0.29) is 19.1 Å². The van der Waals surface area contributed by atoms with Crippen LogP contribution < -0.4 is 0 Å². The summed E-state index contributed by atoms with van der Waals surface area (Å²) in [5.74, 6) is 5.36. The second-order valence-corrected chi connectivity index (χ2v) is 4.51. The van der Waals surface area contributed by atoms with Crippen molar-refractivity contribution in [2.45, 2.75) is 20.3 Å². The second kappa shape index (κ2) is 8.36. The van der Waals surface area contributed by atoms with E-state index in [0.29, 0.717) is 18.7 Å². The molecule has 1 aromatic carbocycles.